The molecule has 1 aromatic rings. The Labute approximate surface area is 136 Å². The van der Waals surface area contributed by atoms with Gasteiger partial charge < -0.3 is 20.8 Å². The first kappa shape index (κ1) is 18.9. The van der Waals surface area contributed by atoms with E-state index in [-0.39, 0.29) is 12.5 Å². The molecule has 0 fully saturated rings. The molecule has 1 atom stereocenters. The summed E-state index contributed by atoms with van der Waals surface area (Å²) in [6, 6.07) is 9.76. The molecule has 0 heterocycles. The highest BCUT2D eigenvalue weighted by atomic mass is 16.3. The van der Waals surface area contributed by atoms with Crippen LogP contribution in [0.15, 0.2) is 42.6 Å². The van der Waals surface area contributed by atoms with E-state index in [9.17, 15) is 14.7 Å². The number of carbonyl (C=O) groups excluding carboxylic acids is 2. The van der Waals surface area contributed by atoms with Crippen LogP contribution in [0.2, 0.25) is 0 Å². The second kappa shape index (κ2) is 9.07. The fourth-order valence-corrected chi connectivity index (χ4v) is 1.75. The molecule has 0 saturated heterocycles. The van der Waals surface area contributed by atoms with Gasteiger partial charge in [-0.05, 0) is 12.0 Å². The van der Waals surface area contributed by atoms with E-state index in [0.29, 0.717) is 6.54 Å². The van der Waals surface area contributed by atoms with Crippen LogP contribution < -0.4 is 10.6 Å². The van der Waals surface area contributed by atoms with Gasteiger partial charge in [-0.25, -0.2) is 0 Å². The summed E-state index contributed by atoms with van der Waals surface area (Å²) < 4.78 is 0. The fraction of sp³-hybridized carbons (Fsp3) is 0.412. The normalized spacial score (nSPS) is 12.9. The molecular weight excluding hydrogens is 296 g/mol. The zero-order valence-corrected chi connectivity index (χ0v) is 13.5. The highest BCUT2D eigenvalue weighted by Gasteiger charge is 2.32. The van der Waals surface area contributed by atoms with Gasteiger partial charge in [0.2, 0.25) is 5.91 Å². The molecule has 0 saturated carbocycles. The fourth-order valence-electron chi connectivity index (χ4n) is 1.75. The summed E-state index contributed by atoms with van der Waals surface area (Å²) >= 11 is 0. The quantitative estimate of drug-likeness (QED) is 0.520. The van der Waals surface area contributed by atoms with E-state index in [2.05, 4.69) is 10.6 Å². The van der Waals surface area contributed by atoms with E-state index in [4.69, 9.17) is 5.11 Å². The lowest BCUT2D eigenvalue weighted by Gasteiger charge is -2.26. The molecule has 2 amide bonds. The molecule has 23 heavy (non-hydrogen) atoms. The minimum Gasteiger partial charge on any atom is -0.396 e. The topological polar surface area (TPSA) is 98.7 Å². The molecule has 6 nitrogen and oxygen atoms in total. The van der Waals surface area contributed by atoms with Crippen LogP contribution in [0.5, 0.6) is 0 Å². The lowest BCUT2D eigenvalue weighted by molar-refractivity contribution is -0.136. The van der Waals surface area contributed by atoms with Crippen LogP contribution in [-0.4, -0.2) is 41.3 Å². The van der Waals surface area contributed by atoms with E-state index < -0.39 is 17.4 Å². The van der Waals surface area contributed by atoms with Gasteiger partial charge >= 0.3 is 0 Å². The average Bonchev–Trinajstić information content (AvgIpc) is 2.55. The van der Waals surface area contributed by atoms with Gasteiger partial charge in [-0.15, -0.1) is 0 Å². The van der Waals surface area contributed by atoms with Crippen molar-refractivity contribution in [1.29, 1.82) is 0 Å². The summed E-state index contributed by atoms with van der Waals surface area (Å²) in [5, 5.41) is 23.9. The Kier molecular flexibility index (Phi) is 7.44. The third kappa shape index (κ3) is 6.63. The van der Waals surface area contributed by atoms with E-state index in [1.54, 1.807) is 13.8 Å². The molecule has 0 bridgehead atoms. The number of rotatable bonds is 8. The Bertz CT molecular complexity index is 541. The monoisotopic (exact) mass is 320 g/mol. The Hall–Kier alpha value is -2.18. The van der Waals surface area contributed by atoms with E-state index >= 15 is 0 Å². The number of benzene rings is 1. The molecule has 4 N–H and O–H groups in total. The summed E-state index contributed by atoms with van der Waals surface area (Å²) in [7, 11) is 0. The van der Waals surface area contributed by atoms with Crippen molar-refractivity contribution in [3.63, 3.8) is 0 Å². The second-order valence-electron chi connectivity index (χ2n) is 5.92. The van der Waals surface area contributed by atoms with Crippen LogP contribution in [0.1, 0.15) is 19.4 Å². The van der Waals surface area contributed by atoms with Crippen molar-refractivity contribution >= 4 is 11.8 Å². The number of nitrogens with one attached hydrogen (secondary N) is 2. The van der Waals surface area contributed by atoms with Crippen molar-refractivity contribution in [2.45, 2.75) is 26.4 Å². The molecule has 0 aliphatic carbocycles. The molecule has 1 rings (SSSR count). The van der Waals surface area contributed by atoms with Crippen LogP contribution in [0.25, 0.3) is 0 Å². The predicted octanol–water partition coefficient (Wildman–Crippen LogP) is 0.355. The molecule has 0 radical (unpaired) electrons. The van der Waals surface area contributed by atoms with Gasteiger partial charge in [0.05, 0.1) is 6.61 Å². The van der Waals surface area contributed by atoms with Crippen LogP contribution in [0, 0.1) is 5.41 Å². The van der Waals surface area contributed by atoms with E-state index in [0.717, 1.165) is 12.0 Å². The van der Waals surface area contributed by atoms with Gasteiger partial charge in [-0.3, -0.25) is 9.59 Å². The number of aliphatic hydroxyl groups excluding tert-OH is 2. The molecule has 0 aliphatic heterocycles. The number of hydrogen-bond acceptors (Lipinski definition) is 4. The lowest BCUT2D eigenvalue weighted by Crippen LogP contribution is -2.44. The number of aliphatic hydroxyl groups is 2. The summed E-state index contributed by atoms with van der Waals surface area (Å²) in [5.74, 6) is -1.01. The van der Waals surface area contributed by atoms with Gasteiger partial charge in [0.25, 0.3) is 5.91 Å². The van der Waals surface area contributed by atoms with Gasteiger partial charge in [0.15, 0.2) is 0 Å². The van der Waals surface area contributed by atoms with Crippen molar-refractivity contribution in [3.05, 3.63) is 48.2 Å². The summed E-state index contributed by atoms with van der Waals surface area (Å²) in [6.07, 6.45) is 1.72. The standard InChI is InChI=1S/C17H24N2O4/c1-17(2,12-20)15(22)16(23)19-11-9-14(21)18-10-8-13-6-4-3-5-7-13/h3-7,9,11,15,20,22H,8,10,12H2,1-2H3,(H,18,21)(H,19,23)/b11-9+/t15-/m0/s1. The molecule has 126 valence electrons. The SMILES string of the molecule is CC(C)(CO)[C@@H](O)C(=O)N/C=C/C(=O)NCCc1ccccc1. The molecule has 1 aromatic carbocycles. The van der Waals surface area contributed by atoms with Crippen molar-refractivity contribution < 1.29 is 19.8 Å². The maximum absolute atomic E-state index is 11.7. The van der Waals surface area contributed by atoms with Crippen molar-refractivity contribution in [3.8, 4) is 0 Å². The second-order valence-corrected chi connectivity index (χ2v) is 5.92. The number of carbonyl (C=O) groups is 2. The Morgan fingerprint density at radius 1 is 1.26 bits per heavy atom. The number of amides is 2. The molecule has 0 spiro atoms. The first-order valence-electron chi connectivity index (χ1n) is 7.44. The Morgan fingerprint density at radius 2 is 1.91 bits per heavy atom. The molecule has 0 aromatic heterocycles. The molecule has 0 aliphatic rings. The first-order chi connectivity index (χ1) is 10.9. The molecular formula is C17H24N2O4. The van der Waals surface area contributed by atoms with Crippen LogP contribution in [0.3, 0.4) is 0 Å². The number of hydrogen-bond donors (Lipinski definition) is 4. The van der Waals surface area contributed by atoms with Crippen molar-refractivity contribution in [2.24, 2.45) is 5.41 Å². The Morgan fingerprint density at radius 3 is 2.52 bits per heavy atom. The van der Waals surface area contributed by atoms with Gasteiger partial charge in [-0.1, -0.05) is 44.2 Å². The minimum atomic E-state index is -1.36. The Balaban J connectivity index is 2.31. The van der Waals surface area contributed by atoms with Crippen LogP contribution in [-0.2, 0) is 16.0 Å². The van der Waals surface area contributed by atoms with Gasteiger partial charge in [-0.2, -0.15) is 0 Å². The smallest absolute Gasteiger partial charge is 0.253 e. The zero-order chi connectivity index (χ0) is 17.3. The summed E-state index contributed by atoms with van der Waals surface area (Å²) in [5.41, 5.74) is 0.176. The predicted molar refractivity (Wildman–Crippen MR) is 87.3 cm³/mol. The zero-order valence-electron chi connectivity index (χ0n) is 13.5. The third-order valence-corrected chi connectivity index (χ3v) is 3.41. The summed E-state index contributed by atoms with van der Waals surface area (Å²) in [6.45, 7) is 3.29. The highest BCUT2D eigenvalue weighted by molar-refractivity contribution is 5.89. The van der Waals surface area contributed by atoms with E-state index in [1.807, 2.05) is 30.3 Å². The largest absolute Gasteiger partial charge is 0.396 e. The average molecular weight is 320 g/mol. The maximum atomic E-state index is 11.7. The van der Waals surface area contributed by atoms with Crippen molar-refractivity contribution in [1.82, 2.24) is 10.6 Å². The molecule has 0 unspecified atom stereocenters. The van der Waals surface area contributed by atoms with Crippen LogP contribution in [0.4, 0.5) is 0 Å². The van der Waals surface area contributed by atoms with Crippen LogP contribution >= 0.6 is 0 Å². The summed E-state index contributed by atoms with van der Waals surface area (Å²) in [4.78, 5) is 23.3. The molecule has 6 heteroatoms. The van der Waals surface area contributed by atoms with E-state index in [1.165, 1.54) is 12.3 Å². The maximum Gasteiger partial charge on any atom is 0.253 e. The van der Waals surface area contributed by atoms with Crippen molar-refractivity contribution in [2.75, 3.05) is 13.2 Å². The van der Waals surface area contributed by atoms with Gasteiger partial charge in [0, 0.05) is 24.2 Å². The first-order valence-corrected chi connectivity index (χ1v) is 7.44. The highest BCUT2D eigenvalue weighted by Crippen LogP contribution is 2.19. The minimum absolute atomic E-state index is 0.328. The van der Waals surface area contributed by atoms with Gasteiger partial charge in [0.1, 0.15) is 6.10 Å². The third-order valence-electron chi connectivity index (χ3n) is 3.41. The lowest BCUT2D eigenvalue weighted by atomic mass is 9.87.